The summed E-state index contributed by atoms with van der Waals surface area (Å²) < 4.78 is 26.4. The molecule has 2 unspecified atom stereocenters. The number of hydrogen-bond acceptors (Lipinski definition) is 3. The van der Waals surface area contributed by atoms with Gasteiger partial charge in [0, 0.05) is 13.1 Å². The van der Waals surface area contributed by atoms with Crippen LogP contribution in [0.4, 0.5) is 0 Å². The van der Waals surface area contributed by atoms with E-state index in [1.165, 1.54) is 22.5 Å². The van der Waals surface area contributed by atoms with Crippen LogP contribution in [0.3, 0.4) is 0 Å². The second-order valence-electron chi connectivity index (χ2n) is 5.22. The van der Waals surface area contributed by atoms with Gasteiger partial charge < -0.3 is 5.11 Å². The molecule has 0 spiro atoms. The van der Waals surface area contributed by atoms with E-state index in [-0.39, 0.29) is 15.5 Å². The molecule has 110 valence electrons. The first-order valence-corrected chi connectivity index (χ1v) is 8.08. The number of benzene rings is 1. The summed E-state index contributed by atoms with van der Waals surface area (Å²) in [7, 11) is -3.61. The average Bonchev–Trinajstić information content (AvgIpc) is 2.69. The number of hydrogen-bond donors (Lipinski definition) is 1. The molecule has 1 fully saturated rings. The lowest BCUT2D eigenvalue weighted by atomic mass is 10.0. The van der Waals surface area contributed by atoms with Crippen LogP contribution in [0.2, 0.25) is 5.02 Å². The zero-order valence-corrected chi connectivity index (χ0v) is 12.8. The second kappa shape index (κ2) is 5.35. The average molecular weight is 318 g/mol. The summed E-state index contributed by atoms with van der Waals surface area (Å²) in [6.07, 6.45) is 0. The minimum absolute atomic E-state index is 0.0359. The zero-order chi connectivity index (χ0) is 15.1. The molecule has 1 heterocycles. The molecule has 1 N–H and O–H groups in total. The van der Waals surface area contributed by atoms with E-state index in [1.54, 1.807) is 0 Å². The molecule has 1 saturated heterocycles. The van der Waals surface area contributed by atoms with Crippen molar-refractivity contribution in [2.75, 3.05) is 13.1 Å². The Bertz CT molecular complexity index is 634. The van der Waals surface area contributed by atoms with E-state index in [2.05, 4.69) is 0 Å². The van der Waals surface area contributed by atoms with Gasteiger partial charge in [0.05, 0.1) is 15.5 Å². The molecule has 20 heavy (non-hydrogen) atoms. The van der Waals surface area contributed by atoms with Crippen molar-refractivity contribution < 1.29 is 18.3 Å². The van der Waals surface area contributed by atoms with Crippen LogP contribution in [0, 0.1) is 11.8 Å². The summed E-state index contributed by atoms with van der Waals surface area (Å²) in [5, 5.41) is 8.83. The topological polar surface area (TPSA) is 74.7 Å². The van der Waals surface area contributed by atoms with Crippen LogP contribution < -0.4 is 0 Å². The minimum atomic E-state index is -3.61. The number of carbonyl (C=O) groups is 1. The Labute approximate surface area is 123 Å². The maximum atomic E-state index is 12.5. The maximum absolute atomic E-state index is 12.5. The highest BCUT2D eigenvalue weighted by Crippen LogP contribution is 2.29. The third-order valence-corrected chi connectivity index (χ3v) is 5.90. The third kappa shape index (κ3) is 2.68. The molecule has 0 amide bonds. The molecule has 1 aliphatic heterocycles. The molecule has 0 saturated carbocycles. The lowest BCUT2D eigenvalue weighted by Crippen LogP contribution is -2.29. The van der Waals surface area contributed by atoms with Crippen LogP contribution in [0.15, 0.2) is 23.1 Å². The Kier molecular flexibility index (Phi) is 4.09. The molecule has 5 nitrogen and oxygen atoms in total. The molecule has 0 aliphatic carbocycles. The molecule has 2 atom stereocenters. The van der Waals surface area contributed by atoms with E-state index in [4.69, 9.17) is 16.7 Å². The van der Waals surface area contributed by atoms with Crippen molar-refractivity contribution in [2.24, 2.45) is 11.8 Å². The van der Waals surface area contributed by atoms with Gasteiger partial charge in [-0.05, 0) is 30.0 Å². The van der Waals surface area contributed by atoms with Crippen molar-refractivity contribution in [3.8, 4) is 0 Å². The van der Waals surface area contributed by atoms with E-state index in [1.807, 2.05) is 13.8 Å². The summed E-state index contributed by atoms with van der Waals surface area (Å²) in [6, 6.07) is 3.72. The Hall–Kier alpha value is -1.11. The van der Waals surface area contributed by atoms with Crippen molar-refractivity contribution >= 4 is 27.6 Å². The fourth-order valence-electron chi connectivity index (χ4n) is 2.25. The van der Waals surface area contributed by atoms with Crippen molar-refractivity contribution in [1.82, 2.24) is 4.31 Å². The van der Waals surface area contributed by atoms with Gasteiger partial charge in [-0.3, -0.25) is 0 Å². The fraction of sp³-hybridized carbons (Fsp3) is 0.462. The third-order valence-electron chi connectivity index (χ3n) is 3.76. The standard InChI is InChI=1S/C13H16ClNO4S/c1-8-6-15(7-9(8)2)20(18,19)10-3-4-11(13(16)17)12(14)5-10/h3-5,8-9H,6-7H2,1-2H3,(H,16,17). The highest BCUT2D eigenvalue weighted by Gasteiger charge is 2.35. The molecule has 2 rings (SSSR count). The van der Waals surface area contributed by atoms with Gasteiger partial charge in [-0.2, -0.15) is 4.31 Å². The SMILES string of the molecule is CC1CN(S(=O)(=O)c2ccc(C(=O)O)c(Cl)c2)CC1C. The summed E-state index contributed by atoms with van der Waals surface area (Å²) in [4.78, 5) is 10.9. The van der Waals surface area contributed by atoms with Crippen LogP contribution in [-0.2, 0) is 10.0 Å². The van der Waals surface area contributed by atoms with Gasteiger partial charge in [-0.1, -0.05) is 25.4 Å². The minimum Gasteiger partial charge on any atom is -0.478 e. The Morgan fingerprint density at radius 1 is 1.30 bits per heavy atom. The van der Waals surface area contributed by atoms with Crippen LogP contribution in [0.25, 0.3) is 0 Å². The summed E-state index contributed by atoms with van der Waals surface area (Å²) in [5.41, 5.74) is -0.103. The van der Waals surface area contributed by atoms with Crippen molar-refractivity contribution in [2.45, 2.75) is 18.7 Å². The van der Waals surface area contributed by atoms with E-state index < -0.39 is 16.0 Å². The smallest absolute Gasteiger partial charge is 0.337 e. The monoisotopic (exact) mass is 317 g/mol. The molecular formula is C13H16ClNO4S. The van der Waals surface area contributed by atoms with Crippen LogP contribution in [-0.4, -0.2) is 36.9 Å². The van der Waals surface area contributed by atoms with Gasteiger partial charge in [0.2, 0.25) is 10.0 Å². The highest BCUT2D eigenvalue weighted by atomic mass is 35.5. The molecular weight excluding hydrogens is 302 g/mol. The molecule has 1 aromatic rings. The number of carboxylic acids is 1. The van der Waals surface area contributed by atoms with Gasteiger partial charge in [-0.25, -0.2) is 13.2 Å². The molecule has 0 bridgehead atoms. The van der Waals surface area contributed by atoms with Gasteiger partial charge in [-0.15, -0.1) is 0 Å². The van der Waals surface area contributed by atoms with Gasteiger partial charge in [0.25, 0.3) is 0 Å². The second-order valence-corrected chi connectivity index (χ2v) is 7.57. The first-order chi connectivity index (χ1) is 9.23. The van der Waals surface area contributed by atoms with Crippen LogP contribution >= 0.6 is 11.6 Å². The predicted octanol–water partition coefficient (Wildman–Crippen LogP) is 2.31. The number of halogens is 1. The number of aromatic carboxylic acids is 1. The largest absolute Gasteiger partial charge is 0.478 e. The summed E-state index contributed by atoms with van der Waals surface area (Å²) >= 11 is 5.83. The number of sulfonamides is 1. The van der Waals surface area contributed by atoms with Crippen molar-refractivity contribution in [3.05, 3.63) is 28.8 Å². The first kappa shape index (κ1) is 15.3. The number of rotatable bonds is 3. The maximum Gasteiger partial charge on any atom is 0.337 e. The lowest BCUT2D eigenvalue weighted by molar-refractivity contribution is 0.0697. The lowest BCUT2D eigenvalue weighted by Gasteiger charge is -2.16. The Morgan fingerprint density at radius 3 is 2.30 bits per heavy atom. The van der Waals surface area contributed by atoms with E-state index in [0.29, 0.717) is 24.9 Å². The molecule has 1 aromatic carbocycles. The number of nitrogens with zero attached hydrogens (tertiary/aromatic N) is 1. The highest BCUT2D eigenvalue weighted by molar-refractivity contribution is 7.89. The zero-order valence-electron chi connectivity index (χ0n) is 11.2. The molecule has 0 radical (unpaired) electrons. The fourth-order valence-corrected chi connectivity index (χ4v) is 4.25. The normalized spacial score (nSPS) is 23.9. The van der Waals surface area contributed by atoms with Gasteiger partial charge in [0.15, 0.2) is 0 Å². The van der Waals surface area contributed by atoms with Crippen molar-refractivity contribution in [3.63, 3.8) is 0 Å². The van der Waals surface area contributed by atoms with E-state index in [0.717, 1.165) is 0 Å². The summed E-state index contributed by atoms with van der Waals surface area (Å²) in [5.74, 6) is -0.570. The predicted molar refractivity (Wildman–Crippen MR) is 75.5 cm³/mol. The van der Waals surface area contributed by atoms with Crippen LogP contribution in [0.1, 0.15) is 24.2 Å². The van der Waals surface area contributed by atoms with Crippen molar-refractivity contribution in [1.29, 1.82) is 0 Å². The molecule has 7 heteroatoms. The van der Waals surface area contributed by atoms with E-state index >= 15 is 0 Å². The van der Waals surface area contributed by atoms with Gasteiger partial charge >= 0.3 is 5.97 Å². The molecule has 1 aliphatic rings. The number of carboxylic acid groups (broad SMARTS) is 1. The Morgan fingerprint density at radius 2 is 1.85 bits per heavy atom. The molecule has 0 aromatic heterocycles. The summed E-state index contributed by atoms with van der Waals surface area (Å²) in [6.45, 7) is 4.98. The first-order valence-electron chi connectivity index (χ1n) is 6.26. The van der Waals surface area contributed by atoms with Crippen LogP contribution in [0.5, 0.6) is 0 Å². The Balaban J connectivity index is 2.36. The van der Waals surface area contributed by atoms with E-state index in [9.17, 15) is 13.2 Å². The quantitative estimate of drug-likeness (QED) is 0.928. The van der Waals surface area contributed by atoms with Gasteiger partial charge in [0.1, 0.15) is 0 Å².